The van der Waals surface area contributed by atoms with Crippen molar-refractivity contribution in [2.24, 2.45) is 0 Å². The van der Waals surface area contributed by atoms with Gasteiger partial charge in [-0.25, -0.2) is 18.4 Å². The Morgan fingerprint density at radius 1 is 1.09 bits per heavy atom. The molecule has 35 heavy (non-hydrogen) atoms. The van der Waals surface area contributed by atoms with Crippen LogP contribution in [-0.4, -0.2) is 30.0 Å². The second-order valence-electron chi connectivity index (χ2n) is 7.70. The van der Waals surface area contributed by atoms with Crippen molar-refractivity contribution in [1.29, 1.82) is 0 Å². The number of carbonyl (C=O) groups is 1. The van der Waals surface area contributed by atoms with E-state index in [9.17, 15) is 13.2 Å². The monoisotopic (exact) mass is 514 g/mol. The van der Waals surface area contributed by atoms with Gasteiger partial charge in [-0.15, -0.1) is 0 Å². The smallest absolute Gasteiger partial charge is 0.276 e. The third-order valence-corrected chi connectivity index (χ3v) is 6.90. The summed E-state index contributed by atoms with van der Waals surface area (Å²) in [5, 5.41) is 2.84. The van der Waals surface area contributed by atoms with Crippen molar-refractivity contribution in [3.05, 3.63) is 89.0 Å². The van der Waals surface area contributed by atoms with E-state index in [2.05, 4.69) is 15.3 Å². The van der Waals surface area contributed by atoms with E-state index in [0.717, 1.165) is 5.76 Å². The number of benzene rings is 1. The van der Waals surface area contributed by atoms with Gasteiger partial charge in [0.2, 0.25) is 15.0 Å². The minimum Gasteiger partial charge on any atom is -0.467 e. The van der Waals surface area contributed by atoms with Crippen LogP contribution in [0.15, 0.2) is 75.0 Å². The molecule has 4 rings (SSSR count). The molecule has 1 N–H and O–H groups in total. The SMILES string of the molecule is CCS(=O)(=O)c1ncc(N(Cc2ccco2)Cc2ccc(C)o2)c(C(=O)Nc2ccc(Cl)cc2)n1. The zero-order chi connectivity index (χ0) is 25.0. The highest BCUT2D eigenvalue weighted by Crippen LogP contribution is 2.26. The number of rotatable bonds is 9. The molecule has 0 spiro atoms. The van der Waals surface area contributed by atoms with E-state index in [1.807, 2.05) is 19.1 Å². The van der Waals surface area contributed by atoms with Gasteiger partial charge in [0.25, 0.3) is 5.91 Å². The molecule has 9 nitrogen and oxygen atoms in total. The van der Waals surface area contributed by atoms with Crippen molar-refractivity contribution in [1.82, 2.24) is 9.97 Å². The highest BCUT2D eigenvalue weighted by Gasteiger charge is 2.26. The van der Waals surface area contributed by atoms with E-state index >= 15 is 0 Å². The molecule has 1 aromatic carbocycles. The predicted octanol–water partition coefficient (Wildman–Crippen LogP) is 4.88. The zero-order valence-corrected chi connectivity index (χ0v) is 20.6. The average Bonchev–Trinajstić information content (AvgIpc) is 3.51. The van der Waals surface area contributed by atoms with E-state index < -0.39 is 20.9 Å². The third-order valence-electron chi connectivity index (χ3n) is 5.13. The molecular weight excluding hydrogens is 492 g/mol. The van der Waals surface area contributed by atoms with Crippen LogP contribution in [0.25, 0.3) is 0 Å². The molecule has 0 saturated heterocycles. The molecular formula is C24H23ClN4O5S. The summed E-state index contributed by atoms with van der Waals surface area (Å²) in [6, 6.07) is 13.8. The predicted molar refractivity (Wildman–Crippen MR) is 131 cm³/mol. The topological polar surface area (TPSA) is 119 Å². The number of aromatic nitrogens is 2. The van der Waals surface area contributed by atoms with Crippen LogP contribution in [0.1, 0.15) is 34.7 Å². The lowest BCUT2D eigenvalue weighted by atomic mass is 10.2. The first kappa shape index (κ1) is 24.5. The third kappa shape index (κ3) is 5.90. The van der Waals surface area contributed by atoms with Crippen molar-refractivity contribution in [2.45, 2.75) is 32.1 Å². The van der Waals surface area contributed by atoms with Crippen molar-refractivity contribution < 1.29 is 22.0 Å². The number of hydrogen-bond donors (Lipinski definition) is 1. The number of halogens is 1. The number of furan rings is 2. The lowest BCUT2D eigenvalue weighted by Crippen LogP contribution is -2.27. The van der Waals surface area contributed by atoms with Gasteiger partial charge in [0.15, 0.2) is 5.69 Å². The molecule has 182 valence electrons. The molecule has 0 saturated carbocycles. The Morgan fingerprint density at radius 2 is 1.83 bits per heavy atom. The molecule has 0 aliphatic heterocycles. The molecule has 3 aromatic heterocycles. The van der Waals surface area contributed by atoms with Crippen molar-refractivity contribution in [2.75, 3.05) is 16.0 Å². The molecule has 3 heterocycles. The highest BCUT2D eigenvalue weighted by atomic mass is 35.5. The quantitative estimate of drug-likeness (QED) is 0.314. The first-order valence-corrected chi connectivity index (χ1v) is 12.8. The van der Waals surface area contributed by atoms with Crippen LogP contribution in [0.5, 0.6) is 0 Å². The largest absolute Gasteiger partial charge is 0.467 e. The number of anilines is 2. The molecule has 4 aromatic rings. The van der Waals surface area contributed by atoms with Crippen LogP contribution < -0.4 is 10.2 Å². The number of nitrogens with one attached hydrogen (secondary N) is 1. The van der Waals surface area contributed by atoms with Crippen LogP contribution in [0.3, 0.4) is 0 Å². The lowest BCUT2D eigenvalue weighted by Gasteiger charge is -2.24. The Kier molecular flexibility index (Phi) is 7.23. The fourth-order valence-electron chi connectivity index (χ4n) is 3.34. The highest BCUT2D eigenvalue weighted by molar-refractivity contribution is 7.91. The van der Waals surface area contributed by atoms with Crippen LogP contribution in [0, 0.1) is 6.92 Å². The minimum atomic E-state index is -3.76. The summed E-state index contributed by atoms with van der Waals surface area (Å²) < 4.78 is 36.2. The second kappa shape index (κ2) is 10.3. The number of hydrogen-bond acceptors (Lipinski definition) is 8. The fraction of sp³-hybridized carbons (Fsp3) is 0.208. The van der Waals surface area contributed by atoms with Crippen LogP contribution in [0.2, 0.25) is 5.02 Å². The summed E-state index contributed by atoms with van der Waals surface area (Å²) in [5.74, 6) is 1.20. The molecule has 0 unspecified atom stereocenters. The standard InChI is InChI=1S/C24H23ClN4O5S/c1-3-35(31,32)24-26-13-21(22(28-24)23(30)27-18-9-7-17(25)8-10-18)29(14-19-5-4-12-33-19)15-20-11-6-16(2)34-20/h4-13H,3,14-15H2,1-2H3,(H,27,30). The Hall–Kier alpha value is -3.63. The van der Waals surface area contributed by atoms with Gasteiger partial charge in [0.1, 0.15) is 17.3 Å². The second-order valence-corrected chi connectivity index (χ2v) is 10.3. The number of nitrogens with zero attached hydrogens (tertiary/aromatic N) is 3. The molecule has 0 bridgehead atoms. The lowest BCUT2D eigenvalue weighted by molar-refractivity contribution is 0.102. The molecule has 11 heteroatoms. The van der Waals surface area contributed by atoms with E-state index in [-0.39, 0.29) is 24.5 Å². The fourth-order valence-corrected chi connectivity index (χ4v) is 4.16. The summed E-state index contributed by atoms with van der Waals surface area (Å²) in [7, 11) is -3.76. The maximum atomic E-state index is 13.3. The van der Waals surface area contributed by atoms with Crippen molar-refractivity contribution in [3.8, 4) is 0 Å². The van der Waals surface area contributed by atoms with Gasteiger partial charge < -0.3 is 19.1 Å². The summed E-state index contributed by atoms with van der Waals surface area (Å²) in [4.78, 5) is 23.4. The van der Waals surface area contributed by atoms with Crippen LogP contribution >= 0.6 is 11.6 Å². The van der Waals surface area contributed by atoms with Gasteiger partial charge in [-0.1, -0.05) is 18.5 Å². The summed E-state index contributed by atoms with van der Waals surface area (Å²) >= 11 is 5.94. The van der Waals surface area contributed by atoms with Gasteiger partial charge in [-0.05, 0) is 55.5 Å². The van der Waals surface area contributed by atoms with E-state index in [0.29, 0.717) is 27.9 Å². The van der Waals surface area contributed by atoms with Crippen molar-refractivity contribution >= 4 is 38.7 Å². The van der Waals surface area contributed by atoms with Gasteiger partial charge in [-0.2, -0.15) is 0 Å². The summed E-state index contributed by atoms with van der Waals surface area (Å²) in [6.45, 7) is 3.84. The molecule has 0 aliphatic rings. The summed E-state index contributed by atoms with van der Waals surface area (Å²) in [6.07, 6.45) is 2.89. The number of aryl methyl sites for hydroxylation is 1. The van der Waals surface area contributed by atoms with Gasteiger partial charge in [0, 0.05) is 10.7 Å². The first-order chi connectivity index (χ1) is 16.7. The molecule has 0 atom stereocenters. The van der Waals surface area contributed by atoms with E-state index in [4.69, 9.17) is 20.4 Å². The van der Waals surface area contributed by atoms with Gasteiger partial charge in [0.05, 0.1) is 37.0 Å². The summed E-state index contributed by atoms with van der Waals surface area (Å²) in [5.41, 5.74) is 0.692. The maximum Gasteiger partial charge on any atom is 0.276 e. The maximum absolute atomic E-state index is 13.3. The van der Waals surface area contributed by atoms with Gasteiger partial charge in [-0.3, -0.25) is 4.79 Å². The Balaban J connectivity index is 1.78. The molecule has 0 radical (unpaired) electrons. The Bertz CT molecular complexity index is 1420. The first-order valence-electron chi connectivity index (χ1n) is 10.7. The van der Waals surface area contributed by atoms with E-state index in [1.165, 1.54) is 13.1 Å². The minimum absolute atomic E-state index is 0.100. The van der Waals surface area contributed by atoms with E-state index in [1.54, 1.807) is 47.6 Å². The Labute approximate surface area is 207 Å². The number of amides is 1. The number of sulfone groups is 1. The van der Waals surface area contributed by atoms with Gasteiger partial charge >= 0.3 is 0 Å². The molecule has 0 fully saturated rings. The number of carbonyl (C=O) groups excluding carboxylic acids is 1. The van der Waals surface area contributed by atoms with Crippen molar-refractivity contribution in [3.63, 3.8) is 0 Å². The van der Waals surface area contributed by atoms with Crippen LogP contribution in [-0.2, 0) is 22.9 Å². The van der Waals surface area contributed by atoms with Crippen LogP contribution in [0.4, 0.5) is 11.4 Å². The molecule has 0 aliphatic carbocycles. The molecule has 1 amide bonds. The average molecular weight is 515 g/mol. The Morgan fingerprint density at radius 3 is 2.46 bits per heavy atom. The zero-order valence-electron chi connectivity index (χ0n) is 19.1. The normalized spacial score (nSPS) is 11.4.